The number of methoxy groups -OCH3 is 1. The van der Waals surface area contributed by atoms with Gasteiger partial charge in [0.05, 0.1) is 7.11 Å². The monoisotopic (exact) mass is 260 g/mol. The molecule has 5 heteroatoms. The Morgan fingerprint density at radius 3 is 2.71 bits per heavy atom. The minimum Gasteiger partial charge on any atom is -0.465 e. The van der Waals surface area contributed by atoms with Crippen molar-refractivity contribution in [3.8, 4) is 0 Å². The third kappa shape index (κ3) is 1.82. The van der Waals surface area contributed by atoms with Crippen molar-refractivity contribution in [2.45, 2.75) is 0 Å². The van der Waals surface area contributed by atoms with E-state index >= 15 is 0 Å². The maximum absolute atomic E-state index is 13.2. The van der Waals surface area contributed by atoms with Gasteiger partial charge in [0.1, 0.15) is 11.4 Å². The topological polar surface area (TPSA) is 43.4 Å². The first-order chi connectivity index (χ1) is 6.61. The molecule has 0 bridgehead atoms. The van der Waals surface area contributed by atoms with E-state index in [0.29, 0.717) is 6.29 Å². The molecule has 0 amide bonds. The molecule has 3 nitrogen and oxygen atoms in total. The van der Waals surface area contributed by atoms with E-state index in [1.807, 2.05) is 0 Å². The molecular weight excluding hydrogens is 255 g/mol. The summed E-state index contributed by atoms with van der Waals surface area (Å²) < 4.78 is 17.6. The lowest BCUT2D eigenvalue weighted by molar-refractivity contribution is 0.0594. The van der Waals surface area contributed by atoms with Gasteiger partial charge in [-0.1, -0.05) is 0 Å². The first kappa shape index (κ1) is 10.8. The summed E-state index contributed by atoms with van der Waals surface area (Å²) in [6, 6.07) is 2.32. The molecule has 14 heavy (non-hydrogen) atoms. The Hall–Kier alpha value is -1.23. The average Bonchev–Trinajstić information content (AvgIpc) is 2.18. The molecule has 1 rings (SSSR count). The number of benzene rings is 1. The lowest BCUT2D eigenvalue weighted by Crippen LogP contribution is -2.07. The zero-order chi connectivity index (χ0) is 10.7. The highest BCUT2D eigenvalue weighted by Gasteiger charge is 2.18. The van der Waals surface area contributed by atoms with Gasteiger partial charge in [0.2, 0.25) is 0 Å². The molecule has 0 aliphatic carbocycles. The van der Waals surface area contributed by atoms with E-state index in [1.54, 1.807) is 0 Å². The highest BCUT2D eigenvalue weighted by Crippen LogP contribution is 2.24. The predicted octanol–water partition coefficient (Wildman–Crippen LogP) is 2.19. The molecule has 74 valence electrons. The Labute approximate surface area is 88.0 Å². The summed E-state index contributed by atoms with van der Waals surface area (Å²) in [5.74, 6) is -1.55. The van der Waals surface area contributed by atoms with Crippen molar-refractivity contribution in [2.75, 3.05) is 7.11 Å². The summed E-state index contributed by atoms with van der Waals surface area (Å²) in [5, 5.41) is 0. The van der Waals surface area contributed by atoms with Crippen molar-refractivity contribution in [1.29, 1.82) is 0 Å². The molecular formula is C9H6BrFO3. The molecule has 1 aromatic carbocycles. The van der Waals surface area contributed by atoms with Crippen LogP contribution in [0.4, 0.5) is 4.39 Å². The third-order valence-electron chi connectivity index (χ3n) is 1.64. The number of carbonyl (C=O) groups is 2. The summed E-state index contributed by atoms with van der Waals surface area (Å²) in [6.45, 7) is 0. The fourth-order valence-corrected chi connectivity index (χ4v) is 1.53. The van der Waals surface area contributed by atoms with Crippen LogP contribution in [0.1, 0.15) is 20.7 Å². The SMILES string of the molecule is COC(=O)c1c(F)ccc(C=O)c1Br. The molecule has 0 saturated heterocycles. The minimum absolute atomic E-state index is 0.111. The second kappa shape index (κ2) is 4.32. The number of aldehydes is 1. The van der Waals surface area contributed by atoms with E-state index in [1.165, 1.54) is 6.07 Å². The maximum atomic E-state index is 13.2. The number of esters is 1. The second-order valence-corrected chi connectivity index (χ2v) is 3.23. The van der Waals surface area contributed by atoms with Crippen molar-refractivity contribution >= 4 is 28.2 Å². The Morgan fingerprint density at radius 1 is 1.57 bits per heavy atom. The lowest BCUT2D eigenvalue weighted by Gasteiger charge is -2.05. The van der Waals surface area contributed by atoms with Gasteiger partial charge < -0.3 is 4.74 Å². The van der Waals surface area contributed by atoms with E-state index in [-0.39, 0.29) is 15.6 Å². The molecule has 0 spiro atoms. The summed E-state index contributed by atoms with van der Waals surface area (Å²) >= 11 is 2.96. The van der Waals surface area contributed by atoms with Gasteiger partial charge in [-0.05, 0) is 28.1 Å². The van der Waals surface area contributed by atoms with Crippen LogP contribution in [0, 0.1) is 5.82 Å². The second-order valence-electron chi connectivity index (χ2n) is 2.44. The van der Waals surface area contributed by atoms with Crippen molar-refractivity contribution in [3.63, 3.8) is 0 Å². The van der Waals surface area contributed by atoms with Crippen LogP contribution in [0.25, 0.3) is 0 Å². The van der Waals surface area contributed by atoms with Gasteiger partial charge in [-0.3, -0.25) is 4.79 Å². The number of ether oxygens (including phenoxy) is 1. The van der Waals surface area contributed by atoms with Crippen molar-refractivity contribution in [3.05, 3.63) is 33.5 Å². The van der Waals surface area contributed by atoms with Crippen molar-refractivity contribution < 1.29 is 18.7 Å². The molecule has 0 aliphatic rings. The van der Waals surface area contributed by atoms with E-state index in [2.05, 4.69) is 20.7 Å². The first-order valence-electron chi connectivity index (χ1n) is 3.63. The van der Waals surface area contributed by atoms with Gasteiger partial charge in [-0.25, -0.2) is 9.18 Å². The van der Waals surface area contributed by atoms with Crippen LogP contribution in [0.3, 0.4) is 0 Å². The molecule has 0 fully saturated rings. The van der Waals surface area contributed by atoms with Crippen LogP contribution >= 0.6 is 15.9 Å². The van der Waals surface area contributed by atoms with Gasteiger partial charge in [0.25, 0.3) is 0 Å². The molecule has 0 heterocycles. The Bertz CT molecular complexity index is 390. The Morgan fingerprint density at radius 2 is 2.21 bits per heavy atom. The number of rotatable bonds is 2. The average molecular weight is 261 g/mol. The molecule has 0 atom stereocenters. The number of carbonyl (C=O) groups excluding carboxylic acids is 2. The fourth-order valence-electron chi connectivity index (χ4n) is 0.949. The summed E-state index contributed by atoms with van der Waals surface area (Å²) in [7, 11) is 1.14. The Balaban J connectivity index is 3.39. The first-order valence-corrected chi connectivity index (χ1v) is 4.42. The van der Waals surface area contributed by atoms with Crippen LogP contribution in [-0.2, 0) is 4.74 Å². The predicted molar refractivity (Wildman–Crippen MR) is 50.8 cm³/mol. The van der Waals surface area contributed by atoms with Crippen LogP contribution in [0.15, 0.2) is 16.6 Å². The third-order valence-corrected chi connectivity index (χ3v) is 2.49. The van der Waals surface area contributed by atoms with Gasteiger partial charge in [0, 0.05) is 10.0 Å². The summed E-state index contributed by atoms with van der Waals surface area (Å²) in [6.07, 6.45) is 0.524. The van der Waals surface area contributed by atoms with Gasteiger partial charge in [-0.15, -0.1) is 0 Å². The molecule has 0 saturated carbocycles. The van der Waals surface area contributed by atoms with Crippen LogP contribution < -0.4 is 0 Å². The lowest BCUT2D eigenvalue weighted by atomic mass is 10.1. The van der Waals surface area contributed by atoms with E-state index in [0.717, 1.165) is 13.2 Å². The quantitative estimate of drug-likeness (QED) is 0.605. The molecule has 0 unspecified atom stereocenters. The van der Waals surface area contributed by atoms with E-state index in [4.69, 9.17) is 0 Å². The van der Waals surface area contributed by atoms with Crippen LogP contribution in [0.5, 0.6) is 0 Å². The van der Waals surface area contributed by atoms with Gasteiger partial charge in [-0.2, -0.15) is 0 Å². The van der Waals surface area contributed by atoms with Crippen molar-refractivity contribution in [1.82, 2.24) is 0 Å². The molecule has 0 aromatic heterocycles. The van der Waals surface area contributed by atoms with Gasteiger partial charge in [0.15, 0.2) is 6.29 Å². The smallest absolute Gasteiger partial charge is 0.342 e. The standard InChI is InChI=1S/C9H6BrFO3/c1-14-9(13)7-6(11)3-2-5(4-12)8(7)10/h2-4H,1H3. The van der Waals surface area contributed by atoms with Crippen LogP contribution in [0.2, 0.25) is 0 Å². The maximum Gasteiger partial charge on any atom is 0.342 e. The summed E-state index contributed by atoms with van der Waals surface area (Å²) in [5.41, 5.74) is -0.0658. The highest BCUT2D eigenvalue weighted by molar-refractivity contribution is 9.10. The molecule has 0 radical (unpaired) electrons. The number of hydrogen-bond acceptors (Lipinski definition) is 3. The van der Waals surface area contributed by atoms with E-state index < -0.39 is 11.8 Å². The van der Waals surface area contributed by atoms with E-state index in [9.17, 15) is 14.0 Å². The fraction of sp³-hybridized carbons (Fsp3) is 0.111. The molecule has 0 aliphatic heterocycles. The highest BCUT2D eigenvalue weighted by atomic mass is 79.9. The zero-order valence-corrected chi connectivity index (χ0v) is 8.80. The largest absolute Gasteiger partial charge is 0.465 e. The summed E-state index contributed by atoms with van der Waals surface area (Å²) in [4.78, 5) is 21.6. The van der Waals surface area contributed by atoms with Gasteiger partial charge >= 0.3 is 5.97 Å². The minimum atomic E-state index is -0.821. The number of hydrogen-bond donors (Lipinski definition) is 0. The molecule has 1 aromatic rings. The molecule has 0 N–H and O–H groups in total. The van der Waals surface area contributed by atoms with Crippen LogP contribution in [-0.4, -0.2) is 19.4 Å². The zero-order valence-electron chi connectivity index (χ0n) is 7.21. The normalized spacial score (nSPS) is 9.64. The number of halogens is 2. The van der Waals surface area contributed by atoms with Crippen molar-refractivity contribution in [2.24, 2.45) is 0 Å². The Kier molecular flexibility index (Phi) is 3.35.